The highest BCUT2D eigenvalue weighted by molar-refractivity contribution is 6.57. The summed E-state index contributed by atoms with van der Waals surface area (Å²) in [5, 5.41) is 0. The molecule has 3 heteroatoms. The van der Waals surface area contributed by atoms with E-state index in [2.05, 4.69) is 11.7 Å². The molecule has 0 atom stereocenters. The summed E-state index contributed by atoms with van der Waals surface area (Å²) in [4.78, 5) is 3.06. The summed E-state index contributed by atoms with van der Waals surface area (Å²) in [6.45, 7) is 2.07. The van der Waals surface area contributed by atoms with Gasteiger partial charge in [0.25, 0.3) is 0 Å². The third-order valence-electron chi connectivity index (χ3n) is 0.783. The zero-order valence-electron chi connectivity index (χ0n) is 4.81. The smallest absolute Gasteiger partial charge is 0.364 e. The molecule has 0 saturated carbocycles. The Kier molecular flexibility index (Phi) is 4.03. The molecule has 0 aliphatic carbocycles. The molecule has 2 nitrogen and oxygen atoms in total. The lowest BCUT2D eigenvalue weighted by Gasteiger charge is -1.78. The quantitative estimate of drug-likeness (QED) is 0.209. The summed E-state index contributed by atoms with van der Waals surface area (Å²) >= 11 is 0.899. The predicted octanol–water partition coefficient (Wildman–Crippen LogP) is 0.0479. The van der Waals surface area contributed by atoms with Crippen LogP contribution in [0.3, 0.4) is 0 Å². The molecule has 0 aromatic rings. The first kappa shape index (κ1) is 6.91. The molecular formula is C4H9AlN2. The van der Waals surface area contributed by atoms with Crippen molar-refractivity contribution in [1.82, 2.24) is 0 Å². The molecule has 0 aromatic carbocycles. The van der Waals surface area contributed by atoms with Crippen LogP contribution in [0.15, 0.2) is 0 Å². The molecule has 0 fully saturated rings. The Morgan fingerprint density at radius 2 is 2.43 bits per heavy atom. The molecule has 0 N–H and O–H groups in total. The van der Waals surface area contributed by atoms with Crippen molar-refractivity contribution in [2.24, 2.45) is 0 Å². The Labute approximate surface area is 51.6 Å². The molecule has 0 unspecified atom stereocenters. The van der Waals surface area contributed by atoms with Gasteiger partial charge in [-0.15, -0.1) is 0 Å². The standard InChI is InChI=1S/C4H7N2.Al.2H/c1-2-3-4-6-5;;;/h2-3H2,1H3;;;. The second-order valence-corrected chi connectivity index (χ2v) is 2.74. The average molecular weight is 112 g/mol. The molecular weight excluding hydrogens is 103 g/mol. The van der Waals surface area contributed by atoms with Gasteiger partial charge >= 0.3 is 16.3 Å². The molecule has 0 aromatic heterocycles. The van der Waals surface area contributed by atoms with Crippen LogP contribution in [0.4, 0.5) is 0 Å². The van der Waals surface area contributed by atoms with Crippen LogP contribution < -0.4 is 0 Å². The summed E-state index contributed by atoms with van der Waals surface area (Å²) in [5.74, 6) is 0. The van der Waals surface area contributed by atoms with Crippen molar-refractivity contribution in [3.8, 4) is 0 Å². The molecule has 0 rings (SSSR count). The topological polar surface area (TPSA) is 36.4 Å². The number of nitrogens with zero attached hydrogens (tertiary/aromatic N) is 2. The van der Waals surface area contributed by atoms with E-state index in [4.69, 9.17) is 5.53 Å². The molecule has 0 aliphatic rings. The Morgan fingerprint density at radius 3 is 2.57 bits per heavy atom. The monoisotopic (exact) mass is 112 g/mol. The van der Waals surface area contributed by atoms with Gasteiger partial charge in [0, 0.05) is 6.42 Å². The Bertz CT molecular complexity index is 93.9. The largest absolute Gasteiger partial charge is 0.389 e. The van der Waals surface area contributed by atoms with E-state index in [1.165, 1.54) is 0 Å². The zero-order chi connectivity index (χ0) is 5.70. The molecule has 38 valence electrons. The first-order valence-electron chi connectivity index (χ1n) is 2.48. The highest BCUT2D eigenvalue weighted by Crippen LogP contribution is 1.82. The average Bonchev–Trinajstić information content (AvgIpc) is 1.68. The third-order valence-corrected chi connectivity index (χ3v) is 1.48. The van der Waals surface area contributed by atoms with Crippen LogP contribution in [-0.2, 0) is 0 Å². The number of hydrogen-bond acceptors (Lipinski definition) is 0. The first-order valence-corrected chi connectivity index (χ1v) is 3.48. The van der Waals surface area contributed by atoms with Gasteiger partial charge in [-0.1, -0.05) is 6.92 Å². The summed E-state index contributed by atoms with van der Waals surface area (Å²) in [5.41, 5.74) is 8.09. The molecule has 0 aliphatic heterocycles. The number of hydrogen-bond donors (Lipinski definition) is 0. The van der Waals surface area contributed by atoms with E-state index in [-0.39, 0.29) is 0 Å². The lowest BCUT2D eigenvalue weighted by Crippen LogP contribution is -1.95. The van der Waals surface area contributed by atoms with Gasteiger partial charge in [-0.25, -0.2) is 4.79 Å². The van der Waals surface area contributed by atoms with Crippen LogP contribution in [0, 0.1) is 0 Å². The maximum atomic E-state index is 8.09. The van der Waals surface area contributed by atoms with Crippen LogP contribution in [0.1, 0.15) is 19.8 Å². The first-order chi connectivity index (χ1) is 3.31. The van der Waals surface area contributed by atoms with E-state index in [1.807, 2.05) is 0 Å². The maximum Gasteiger partial charge on any atom is 0.389 e. The van der Waals surface area contributed by atoms with Crippen LogP contribution in [0.2, 0.25) is 0 Å². The SMILES string of the molecule is CCC[C]([AlH2])=[N+]=[N-]. The second-order valence-electron chi connectivity index (χ2n) is 1.59. The summed E-state index contributed by atoms with van der Waals surface area (Å²) < 4.78 is 0.947. The zero-order valence-corrected chi connectivity index (χ0v) is 6.81. The summed E-state index contributed by atoms with van der Waals surface area (Å²) in [6.07, 6.45) is 2.05. The van der Waals surface area contributed by atoms with Gasteiger partial charge in [0.15, 0.2) is 4.57 Å². The van der Waals surface area contributed by atoms with Crippen molar-refractivity contribution < 1.29 is 4.79 Å². The fourth-order valence-corrected chi connectivity index (χ4v) is 0.912. The second kappa shape index (κ2) is 4.08. The lowest BCUT2D eigenvalue weighted by atomic mass is 10.4. The molecule has 0 bridgehead atoms. The normalized spacial score (nSPS) is 7.57. The Morgan fingerprint density at radius 1 is 1.86 bits per heavy atom. The fourth-order valence-electron chi connectivity index (χ4n) is 0.412. The van der Waals surface area contributed by atoms with Crippen LogP contribution in [-0.4, -0.2) is 25.7 Å². The van der Waals surface area contributed by atoms with E-state index in [9.17, 15) is 0 Å². The van der Waals surface area contributed by atoms with E-state index < -0.39 is 0 Å². The maximum absolute atomic E-state index is 8.09. The van der Waals surface area contributed by atoms with E-state index in [1.54, 1.807) is 0 Å². The summed E-state index contributed by atoms with van der Waals surface area (Å²) in [6, 6.07) is 0. The van der Waals surface area contributed by atoms with Crippen molar-refractivity contribution in [3.05, 3.63) is 5.53 Å². The molecule has 0 radical (unpaired) electrons. The van der Waals surface area contributed by atoms with Gasteiger partial charge in [-0.2, -0.15) is 0 Å². The van der Waals surface area contributed by atoms with E-state index in [0.717, 1.165) is 33.7 Å². The molecule has 0 amide bonds. The van der Waals surface area contributed by atoms with Crippen LogP contribution >= 0.6 is 0 Å². The van der Waals surface area contributed by atoms with E-state index >= 15 is 0 Å². The Hall–Kier alpha value is -0.0875. The third kappa shape index (κ3) is 3.75. The van der Waals surface area contributed by atoms with Crippen molar-refractivity contribution >= 4 is 20.9 Å². The summed E-state index contributed by atoms with van der Waals surface area (Å²) in [7, 11) is 0. The van der Waals surface area contributed by atoms with Crippen molar-refractivity contribution in [3.63, 3.8) is 0 Å². The minimum atomic E-state index is 0.899. The van der Waals surface area contributed by atoms with Crippen LogP contribution in [0.5, 0.6) is 0 Å². The highest BCUT2D eigenvalue weighted by atomic mass is 27.0. The van der Waals surface area contributed by atoms with Gasteiger partial charge in [-0.05, 0) is 6.42 Å². The van der Waals surface area contributed by atoms with Crippen molar-refractivity contribution in [2.45, 2.75) is 19.8 Å². The molecule has 0 saturated heterocycles. The van der Waals surface area contributed by atoms with Gasteiger partial charge in [-0.3, -0.25) is 0 Å². The fraction of sp³-hybridized carbons (Fsp3) is 0.750. The predicted molar refractivity (Wildman–Crippen MR) is 32.1 cm³/mol. The van der Waals surface area contributed by atoms with Gasteiger partial charge in [0.05, 0.1) is 0 Å². The van der Waals surface area contributed by atoms with E-state index in [0.29, 0.717) is 0 Å². The Balaban J connectivity index is 3.37. The van der Waals surface area contributed by atoms with Gasteiger partial charge in [0.1, 0.15) is 0 Å². The van der Waals surface area contributed by atoms with Crippen LogP contribution in [0.25, 0.3) is 5.53 Å². The minimum absolute atomic E-state index is 0.899. The van der Waals surface area contributed by atoms with Crippen molar-refractivity contribution in [1.29, 1.82) is 0 Å². The lowest BCUT2D eigenvalue weighted by molar-refractivity contribution is -0.00319. The van der Waals surface area contributed by atoms with Gasteiger partial charge < -0.3 is 5.53 Å². The minimum Gasteiger partial charge on any atom is -0.364 e. The molecule has 0 heterocycles. The number of rotatable bonds is 2. The highest BCUT2D eigenvalue weighted by Gasteiger charge is 1.91. The molecule has 7 heavy (non-hydrogen) atoms. The molecule has 0 spiro atoms. The van der Waals surface area contributed by atoms with Gasteiger partial charge in [0.2, 0.25) is 0 Å². The van der Waals surface area contributed by atoms with Crippen molar-refractivity contribution in [2.75, 3.05) is 0 Å².